The van der Waals surface area contributed by atoms with Gasteiger partial charge < -0.3 is 15.4 Å². The number of ketones is 1. The van der Waals surface area contributed by atoms with Gasteiger partial charge in [-0.05, 0) is 37.3 Å². The number of aromatic nitrogens is 1. The standard InChI is InChI=1S/C24H26N4O2/c1-3-28(13-14-30-2)22-16-18(11-12-27-22)23(26)20-15-19(9-10-21(20)25)24(29)17-7-5-4-6-8-17/h4-12,15-16,26H,3,13-14,25H2,1-2H3. The number of rotatable bonds is 9. The summed E-state index contributed by atoms with van der Waals surface area (Å²) < 4.78 is 5.17. The molecule has 0 saturated heterocycles. The summed E-state index contributed by atoms with van der Waals surface area (Å²) in [4.78, 5) is 19.3. The highest BCUT2D eigenvalue weighted by Crippen LogP contribution is 2.22. The lowest BCUT2D eigenvalue weighted by molar-refractivity contribution is 0.103. The van der Waals surface area contributed by atoms with Crippen LogP contribution in [0.5, 0.6) is 0 Å². The Balaban J connectivity index is 1.92. The minimum atomic E-state index is -0.100. The number of nitrogens with zero attached hydrogens (tertiary/aromatic N) is 2. The number of carbonyl (C=O) groups is 1. The van der Waals surface area contributed by atoms with E-state index in [0.717, 1.165) is 12.4 Å². The van der Waals surface area contributed by atoms with Crippen molar-refractivity contribution in [3.8, 4) is 0 Å². The molecular weight excluding hydrogens is 376 g/mol. The highest BCUT2D eigenvalue weighted by molar-refractivity contribution is 6.16. The first-order chi connectivity index (χ1) is 14.5. The van der Waals surface area contributed by atoms with Crippen molar-refractivity contribution >= 4 is 23.0 Å². The second-order valence-electron chi connectivity index (χ2n) is 6.85. The van der Waals surface area contributed by atoms with Crippen LogP contribution in [0.4, 0.5) is 11.5 Å². The van der Waals surface area contributed by atoms with Crippen molar-refractivity contribution in [1.82, 2.24) is 4.98 Å². The predicted octanol–water partition coefficient (Wildman–Crippen LogP) is 3.78. The van der Waals surface area contributed by atoms with Gasteiger partial charge in [0.05, 0.1) is 12.3 Å². The van der Waals surface area contributed by atoms with Gasteiger partial charge in [0.1, 0.15) is 5.82 Å². The number of anilines is 2. The molecule has 0 amide bonds. The number of ether oxygens (including phenoxy) is 1. The Bertz CT molecular complexity index is 1030. The molecule has 0 aliphatic heterocycles. The van der Waals surface area contributed by atoms with Crippen LogP contribution in [0.2, 0.25) is 0 Å². The van der Waals surface area contributed by atoms with E-state index >= 15 is 0 Å². The molecule has 3 N–H and O–H groups in total. The van der Waals surface area contributed by atoms with Crippen LogP contribution in [0.3, 0.4) is 0 Å². The third-order valence-corrected chi connectivity index (χ3v) is 4.93. The molecule has 1 aromatic heterocycles. The summed E-state index contributed by atoms with van der Waals surface area (Å²) in [5.41, 5.74) is 9.18. The SMILES string of the molecule is CCN(CCOC)c1cc(C(=N)c2cc(C(=O)c3ccccc3)ccc2N)ccn1. The van der Waals surface area contributed by atoms with E-state index in [0.29, 0.717) is 41.1 Å². The molecule has 3 rings (SSSR count). The lowest BCUT2D eigenvalue weighted by Crippen LogP contribution is -2.27. The molecule has 1 heterocycles. The third kappa shape index (κ3) is 4.72. The Kier molecular flexibility index (Phi) is 6.93. The first kappa shape index (κ1) is 21.2. The molecule has 30 heavy (non-hydrogen) atoms. The van der Waals surface area contributed by atoms with Gasteiger partial charge in [0, 0.05) is 54.3 Å². The number of nitrogen functional groups attached to an aromatic ring is 1. The zero-order valence-electron chi connectivity index (χ0n) is 17.3. The molecule has 6 heteroatoms. The summed E-state index contributed by atoms with van der Waals surface area (Å²) in [6, 6.07) is 17.8. The van der Waals surface area contributed by atoms with Crippen molar-refractivity contribution in [3.05, 3.63) is 89.1 Å². The van der Waals surface area contributed by atoms with Crippen LogP contribution in [-0.4, -0.2) is 43.3 Å². The van der Waals surface area contributed by atoms with Crippen LogP contribution in [0.15, 0.2) is 66.9 Å². The number of pyridine rings is 1. The molecule has 0 bridgehead atoms. The smallest absolute Gasteiger partial charge is 0.193 e. The van der Waals surface area contributed by atoms with Gasteiger partial charge in [-0.1, -0.05) is 30.3 Å². The summed E-state index contributed by atoms with van der Waals surface area (Å²) >= 11 is 0. The Morgan fingerprint density at radius 3 is 2.53 bits per heavy atom. The van der Waals surface area contributed by atoms with Crippen molar-refractivity contribution in [1.29, 1.82) is 5.41 Å². The van der Waals surface area contributed by atoms with Crippen LogP contribution in [-0.2, 0) is 4.74 Å². The van der Waals surface area contributed by atoms with E-state index in [1.54, 1.807) is 49.7 Å². The van der Waals surface area contributed by atoms with Gasteiger partial charge in [-0.25, -0.2) is 4.98 Å². The van der Waals surface area contributed by atoms with E-state index in [-0.39, 0.29) is 11.5 Å². The van der Waals surface area contributed by atoms with Crippen LogP contribution >= 0.6 is 0 Å². The topological polar surface area (TPSA) is 92.3 Å². The van der Waals surface area contributed by atoms with Crippen LogP contribution in [0, 0.1) is 5.41 Å². The molecule has 3 aromatic rings. The summed E-state index contributed by atoms with van der Waals surface area (Å²) in [6.45, 7) is 4.12. The van der Waals surface area contributed by atoms with Gasteiger partial charge in [-0.3, -0.25) is 10.2 Å². The number of hydrogen-bond acceptors (Lipinski definition) is 6. The predicted molar refractivity (Wildman–Crippen MR) is 121 cm³/mol. The van der Waals surface area contributed by atoms with E-state index in [2.05, 4.69) is 9.88 Å². The molecule has 0 atom stereocenters. The first-order valence-electron chi connectivity index (χ1n) is 9.83. The maximum atomic E-state index is 12.8. The van der Waals surface area contributed by atoms with E-state index < -0.39 is 0 Å². The van der Waals surface area contributed by atoms with Crippen molar-refractivity contribution in [2.24, 2.45) is 0 Å². The minimum Gasteiger partial charge on any atom is -0.398 e. The molecule has 2 aromatic carbocycles. The molecule has 0 aliphatic rings. The fourth-order valence-electron chi connectivity index (χ4n) is 3.21. The van der Waals surface area contributed by atoms with Crippen LogP contribution < -0.4 is 10.6 Å². The largest absolute Gasteiger partial charge is 0.398 e. The Morgan fingerprint density at radius 1 is 1.07 bits per heavy atom. The van der Waals surface area contributed by atoms with Gasteiger partial charge in [0.25, 0.3) is 0 Å². The quantitative estimate of drug-likeness (QED) is 0.323. The van der Waals surface area contributed by atoms with Crippen molar-refractivity contribution in [2.45, 2.75) is 6.92 Å². The number of methoxy groups -OCH3 is 1. The highest BCUT2D eigenvalue weighted by atomic mass is 16.5. The highest BCUT2D eigenvalue weighted by Gasteiger charge is 2.16. The Labute approximate surface area is 176 Å². The molecule has 0 fully saturated rings. The fraction of sp³-hybridized carbons (Fsp3) is 0.208. The molecule has 154 valence electrons. The lowest BCUT2D eigenvalue weighted by Gasteiger charge is -2.22. The third-order valence-electron chi connectivity index (χ3n) is 4.93. The number of nitrogens with one attached hydrogen (secondary N) is 1. The summed E-state index contributed by atoms with van der Waals surface area (Å²) in [5, 5.41) is 8.72. The maximum absolute atomic E-state index is 12.8. The summed E-state index contributed by atoms with van der Waals surface area (Å²) in [5.74, 6) is 0.670. The van der Waals surface area contributed by atoms with E-state index in [1.807, 2.05) is 31.2 Å². The summed E-state index contributed by atoms with van der Waals surface area (Å²) in [7, 11) is 1.67. The molecule has 0 spiro atoms. The summed E-state index contributed by atoms with van der Waals surface area (Å²) in [6.07, 6.45) is 1.68. The van der Waals surface area contributed by atoms with E-state index in [4.69, 9.17) is 15.9 Å². The molecule has 0 unspecified atom stereocenters. The maximum Gasteiger partial charge on any atom is 0.193 e. The zero-order chi connectivity index (χ0) is 21.5. The second-order valence-corrected chi connectivity index (χ2v) is 6.85. The molecular formula is C24H26N4O2. The number of carbonyl (C=O) groups excluding carboxylic acids is 1. The fourth-order valence-corrected chi connectivity index (χ4v) is 3.21. The van der Waals surface area contributed by atoms with Crippen molar-refractivity contribution in [2.75, 3.05) is 37.4 Å². The number of hydrogen-bond donors (Lipinski definition) is 2. The second kappa shape index (κ2) is 9.80. The van der Waals surface area contributed by atoms with Gasteiger partial charge in [0.2, 0.25) is 0 Å². The lowest BCUT2D eigenvalue weighted by atomic mass is 9.96. The van der Waals surface area contributed by atoms with E-state index in [9.17, 15) is 4.79 Å². The molecule has 6 nitrogen and oxygen atoms in total. The van der Waals surface area contributed by atoms with Gasteiger partial charge >= 0.3 is 0 Å². The van der Waals surface area contributed by atoms with Gasteiger partial charge in [-0.15, -0.1) is 0 Å². The minimum absolute atomic E-state index is 0.100. The number of nitrogens with two attached hydrogens (primary N) is 1. The van der Waals surface area contributed by atoms with Gasteiger partial charge in [-0.2, -0.15) is 0 Å². The Hall–Kier alpha value is -3.51. The Morgan fingerprint density at radius 2 is 1.83 bits per heavy atom. The number of benzene rings is 2. The molecule has 0 saturated carbocycles. The average Bonchev–Trinajstić information content (AvgIpc) is 2.80. The first-order valence-corrected chi connectivity index (χ1v) is 9.83. The average molecular weight is 402 g/mol. The van der Waals surface area contributed by atoms with Crippen LogP contribution in [0.25, 0.3) is 0 Å². The molecule has 0 radical (unpaired) electrons. The number of likely N-dealkylation sites (N-methyl/N-ethyl adjacent to an activating group) is 1. The van der Waals surface area contributed by atoms with Crippen molar-refractivity contribution in [3.63, 3.8) is 0 Å². The monoisotopic (exact) mass is 402 g/mol. The van der Waals surface area contributed by atoms with Gasteiger partial charge in [0.15, 0.2) is 5.78 Å². The zero-order valence-corrected chi connectivity index (χ0v) is 17.3. The molecule has 0 aliphatic carbocycles. The van der Waals surface area contributed by atoms with Crippen molar-refractivity contribution < 1.29 is 9.53 Å². The van der Waals surface area contributed by atoms with E-state index in [1.165, 1.54) is 0 Å². The normalized spacial score (nSPS) is 10.6. The van der Waals surface area contributed by atoms with Crippen LogP contribution in [0.1, 0.15) is 34.0 Å².